The molecule has 0 spiro atoms. The number of carbonyl (C=O) groups excluding carboxylic acids is 1. The average Bonchev–Trinajstić information content (AvgIpc) is 3.28. The van der Waals surface area contributed by atoms with E-state index in [0.717, 1.165) is 27.0 Å². The summed E-state index contributed by atoms with van der Waals surface area (Å²) in [5.41, 5.74) is 3.56. The van der Waals surface area contributed by atoms with Crippen LogP contribution in [-0.2, 0) is 5.75 Å². The van der Waals surface area contributed by atoms with Crippen molar-refractivity contribution in [3.8, 4) is 11.4 Å². The van der Waals surface area contributed by atoms with E-state index < -0.39 is 6.04 Å². The molecule has 0 aliphatic rings. The molecule has 0 saturated carbocycles. The lowest BCUT2D eigenvalue weighted by Crippen LogP contribution is -2.28. The van der Waals surface area contributed by atoms with E-state index in [0.29, 0.717) is 27.3 Å². The van der Waals surface area contributed by atoms with Crippen molar-refractivity contribution in [3.63, 3.8) is 0 Å². The van der Waals surface area contributed by atoms with Gasteiger partial charge < -0.3 is 10.1 Å². The Morgan fingerprint density at radius 3 is 2.66 bits per heavy atom. The predicted molar refractivity (Wildman–Crippen MR) is 144 cm³/mol. The minimum Gasteiger partial charge on any atom is -0.497 e. The van der Waals surface area contributed by atoms with Crippen molar-refractivity contribution >= 4 is 45.2 Å². The van der Waals surface area contributed by atoms with E-state index >= 15 is 0 Å². The van der Waals surface area contributed by atoms with Gasteiger partial charge in [0.25, 0.3) is 5.91 Å². The van der Waals surface area contributed by atoms with Gasteiger partial charge in [-0.3, -0.25) is 9.36 Å². The number of carbonyl (C=O) groups is 1. The Bertz CT molecular complexity index is 1340. The molecule has 35 heavy (non-hydrogen) atoms. The molecular weight excluding hydrogens is 548 g/mol. The van der Waals surface area contributed by atoms with Crippen LogP contribution in [0.3, 0.4) is 0 Å². The van der Waals surface area contributed by atoms with Gasteiger partial charge in [0.1, 0.15) is 5.75 Å². The molecule has 9 heteroatoms. The van der Waals surface area contributed by atoms with Gasteiger partial charge in [-0.1, -0.05) is 57.5 Å². The summed E-state index contributed by atoms with van der Waals surface area (Å²) in [6.45, 7) is 3.91. The quantitative estimate of drug-likeness (QED) is 0.236. The molecule has 4 rings (SSSR count). The van der Waals surface area contributed by atoms with Crippen LogP contribution in [0.15, 0.2) is 76.4 Å². The second-order valence-corrected chi connectivity index (χ2v) is 10.2. The number of hydrogen-bond acceptors (Lipinski definition) is 5. The van der Waals surface area contributed by atoms with Gasteiger partial charge in [-0.05, 0) is 73.5 Å². The highest BCUT2D eigenvalue weighted by Crippen LogP contribution is 2.31. The number of methoxy groups -OCH3 is 1. The predicted octanol–water partition coefficient (Wildman–Crippen LogP) is 6.78. The molecular formula is C26H24BrClN4O2S. The normalized spacial score (nSPS) is 11.8. The fraction of sp³-hybridized carbons (Fsp3) is 0.192. The number of amides is 1. The van der Waals surface area contributed by atoms with Gasteiger partial charge in [0.15, 0.2) is 11.0 Å². The van der Waals surface area contributed by atoms with Crippen LogP contribution in [-0.4, -0.2) is 27.8 Å². The van der Waals surface area contributed by atoms with E-state index in [2.05, 4.69) is 31.4 Å². The summed E-state index contributed by atoms with van der Waals surface area (Å²) >= 11 is 11.3. The first kappa shape index (κ1) is 25.3. The van der Waals surface area contributed by atoms with Crippen molar-refractivity contribution in [2.45, 2.75) is 30.8 Å². The van der Waals surface area contributed by atoms with Gasteiger partial charge in [0.2, 0.25) is 0 Å². The van der Waals surface area contributed by atoms with Gasteiger partial charge in [-0.2, -0.15) is 0 Å². The average molecular weight is 572 g/mol. The maximum Gasteiger partial charge on any atom is 0.251 e. The van der Waals surface area contributed by atoms with Gasteiger partial charge in [-0.15, -0.1) is 10.2 Å². The van der Waals surface area contributed by atoms with Crippen LogP contribution < -0.4 is 10.1 Å². The van der Waals surface area contributed by atoms with Crippen LogP contribution >= 0.6 is 39.3 Å². The first-order chi connectivity index (χ1) is 16.9. The Balaban J connectivity index is 1.66. The van der Waals surface area contributed by atoms with Crippen LogP contribution in [0.2, 0.25) is 5.02 Å². The number of benzene rings is 3. The summed E-state index contributed by atoms with van der Waals surface area (Å²) in [5, 5.41) is 13.3. The smallest absolute Gasteiger partial charge is 0.251 e. The molecule has 0 saturated heterocycles. The molecule has 1 heterocycles. The lowest BCUT2D eigenvalue weighted by Gasteiger charge is -2.18. The Labute approximate surface area is 222 Å². The monoisotopic (exact) mass is 570 g/mol. The van der Waals surface area contributed by atoms with E-state index in [1.165, 1.54) is 0 Å². The highest BCUT2D eigenvalue weighted by atomic mass is 79.9. The molecule has 1 atom stereocenters. The third-order valence-corrected chi connectivity index (χ3v) is 7.18. The molecule has 1 aromatic heterocycles. The summed E-state index contributed by atoms with van der Waals surface area (Å²) in [5.74, 6) is 1.91. The largest absolute Gasteiger partial charge is 0.497 e. The second-order valence-electron chi connectivity index (χ2n) is 7.95. The Hall–Kier alpha value is -2.81. The number of nitrogens with one attached hydrogen (secondary N) is 1. The zero-order valence-electron chi connectivity index (χ0n) is 19.5. The van der Waals surface area contributed by atoms with Crippen molar-refractivity contribution in [2.75, 3.05) is 7.11 Å². The lowest BCUT2D eigenvalue weighted by atomic mass is 10.1. The molecule has 1 unspecified atom stereocenters. The molecule has 0 fully saturated rings. The third-order valence-electron chi connectivity index (χ3n) is 5.41. The number of thioether (sulfide) groups is 1. The van der Waals surface area contributed by atoms with Gasteiger partial charge in [-0.25, -0.2) is 0 Å². The first-order valence-corrected chi connectivity index (χ1v) is 13.1. The fourth-order valence-corrected chi connectivity index (χ4v) is 4.89. The molecule has 1 N–H and O–H groups in total. The standard InChI is InChI=1S/C26H24BrClN4O2S/c1-16-7-12-21(28)14-23(16)32-24(17(2)29-25(33)19-8-10-20(27)11-9-19)30-31-26(32)35-15-18-5-4-6-22(13-18)34-3/h4-14,17H,15H2,1-3H3,(H,29,33). The van der Waals surface area contributed by atoms with Crippen molar-refractivity contribution < 1.29 is 9.53 Å². The minimum absolute atomic E-state index is 0.187. The summed E-state index contributed by atoms with van der Waals surface area (Å²) < 4.78 is 8.23. The van der Waals surface area contributed by atoms with E-state index in [1.54, 1.807) is 31.0 Å². The number of ether oxygens (including phenoxy) is 1. The van der Waals surface area contributed by atoms with E-state index in [9.17, 15) is 4.79 Å². The first-order valence-electron chi connectivity index (χ1n) is 10.9. The van der Waals surface area contributed by atoms with Crippen LogP contribution in [0.5, 0.6) is 5.75 Å². The second kappa shape index (κ2) is 11.3. The van der Waals surface area contributed by atoms with Gasteiger partial charge >= 0.3 is 0 Å². The number of rotatable bonds is 8. The van der Waals surface area contributed by atoms with Gasteiger partial charge in [0.05, 0.1) is 18.8 Å². The van der Waals surface area contributed by atoms with E-state index in [4.69, 9.17) is 16.3 Å². The molecule has 0 aliphatic carbocycles. The topological polar surface area (TPSA) is 69.0 Å². The fourth-order valence-electron chi connectivity index (χ4n) is 3.56. The zero-order chi connectivity index (χ0) is 24.9. The summed E-state index contributed by atoms with van der Waals surface area (Å²) in [6, 6.07) is 20.5. The third kappa shape index (κ3) is 6.07. The van der Waals surface area contributed by atoms with Crippen LogP contribution in [0, 0.1) is 6.92 Å². The summed E-state index contributed by atoms with van der Waals surface area (Å²) in [4.78, 5) is 12.9. The highest BCUT2D eigenvalue weighted by molar-refractivity contribution is 9.10. The Morgan fingerprint density at radius 2 is 1.91 bits per heavy atom. The maximum absolute atomic E-state index is 12.9. The number of nitrogens with zero attached hydrogens (tertiary/aromatic N) is 3. The zero-order valence-corrected chi connectivity index (χ0v) is 22.6. The van der Waals surface area contributed by atoms with Crippen molar-refractivity contribution in [1.29, 1.82) is 0 Å². The number of hydrogen-bond donors (Lipinski definition) is 1. The highest BCUT2D eigenvalue weighted by Gasteiger charge is 2.23. The van der Waals surface area contributed by atoms with E-state index in [1.807, 2.05) is 73.0 Å². The van der Waals surface area contributed by atoms with Crippen LogP contribution in [0.1, 0.15) is 40.3 Å². The molecule has 0 radical (unpaired) electrons. The van der Waals surface area contributed by atoms with Gasteiger partial charge in [0, 0.05) is 20.8 Å². The minimum atomic E-state index is -0.400. The molecule has 0 aliphatic heterocycles. The number of aryl methyl sites for hydroxylation is 1. The SMILES string of the molecule is COc1cccc(CSc2nnc(C(C)NC(=O)c3ccc(Br)cc3)n2-c2cc(Cl)ccc2C)c1. The molecule has 6 nitrogen and oxygen atoms in total. The molecule has 0 bridgehead atoms. The molecule has 3 aromatic carbocycles. The van der Waals surface area contributed by atoms with Crippen LogP contribution in [0.4, 0.5) is 0 Å². The number of halogens is 2. The van der Waals surface area contributed by atoms with Crippen molar-refractivity contribution in [3.05, 3.63) is 98.7 Å². The van der Waals surface area contributed by atoms with E-state index in [-0.39, 0.29) is 5.91 Å². The molecule has 180 valence electrons. The number of aromatic nitrogens is 3. The van der Waals surface area contributed by atoms with Crippen LogP contribution in [0.25, 0.3) is 5.69 Å². The molecule has 1 amide bonds. The van der Waals surface area contributed by atoms with Crippen molar-refractivity contribution in [2.24, 2.45) is 0 Å². The molecule has 4 aromatic rings. The lowest BCUT2D eigenvalue weighted by molar-refractivity contribution is 0.0938. The Kier molecular flexibility index (Phi) is 8.15. The van der Waals surface area contributed by atoms with Crippen molar-refractivity contribution in [1.82, 2.24) is 20.1 Å². The Morgan fingerprint density at radius 1 is 1.14 bits per heavy atom. The maximum atomic E-state index is 12.9. The summed E-state index contributed by atoms with van der Waals surface area (Å²) in [6.07, 6.45) is 0. The summed E-state index contributed by atoms with van der Waals surface area (Å²) in [7, 11) is 1.65.